The molecule has 0 radical (unpaired) electrons. The molecule has 2 bridgehead atoms. The Hall–Kier alpha value is -0.570. The molecule has 20 heavy (non-hydrogen) atoms. The van der Waals surface area contributed by atoms with E-state index in [0.29, 0.717) is 6.42 Å². The lowest BCUT2D eigenvalue weighted by molar-refractivity contribution is -0.172. The fourth-order valence-electron chi connectivity index (χ4n) is 5.58. The van der Waals surface area contributed by atoms with Crippen molar-refractivity contribution in [2.75, 3.05) is 13.6 Å². The van der Waals surface area contributed by atoms with E-state index in [9.17, 15) is 4.79 Å². The average Bonchev–Trinajstić information content (AvgIpc) is 2.50. The first-order valence-corrected chi connectivity index (χ1v) is 8.22. The Morgan fingerprint density at radius 1 is 1.25 bits per heavy atom. The second-order valence-electron chi connectivity index (χ2n) is 8.32. The van der Waals surface area contributed by atoms with E-state index < -0.39 is 0 Å². The van der Waals surface area contributed by atoms with Gasteiger partial charge < -0.3 is 10.1 Å². The van der Waals surface area contributed by atoms with Crippen LogP contribution in [0.3, 0.4) is 0 Å². The van der Waals surface area contributed by atoms with Crippen LogP contribution < -0.4 is 5.32 Å². The Bertz CT molecular complexity index is 392. The first-order valence-electron chi connectivity index (χ1n) is 8.22. The number of fused-ring (bicyclic) bond motifs is 1. The normalized spacial score (nSPS) is 42.2. The van der Waals surface area contributed by atoms with Crippen molar-refractivity contribution in [1.29, 1.82) is 0 Å². The SMILES string of the molecule is CNC[C@@]1(CC(=O)OC(C)(C)C)[C@@H]2CC[C@H]3C[C@@H]2[C@@H]1C3. The summed E-state index contributed by atoms with van der Waals surface area (Å²) in [5.41, 5.74) is -0.179. The van der Waals surface area contributed by atoms with Crippen molar-refractivity contribution in [3.05, 3.63) is 0 Å². The van der Waals surface area contributed by atoms with Crippen molar-refractivity contribution in [2.45, 2.75) is 58.5 Å². The molecule has 1 N–H and O–H groups in total. The number of carbonyl (C=O) groups excluding carboxylic acids is 1. The number of hydrogen-bond acceptors (Lipinski definition) is 3. The number of ether oxygens (including phenoxy) is 1. The van der Waals surface area contributed by atoms with Gasteiger partial charge in [-0.3, -0.25) is 4.79 Å². The largest absolute Gasteiger partial charge is 0.460 e. The quantitative estimate of drug-likeness (QED) is 0.804. The molecule has 3 nitrogen and oxygen atoms in total. The molecule has 3 fully saturated rings. The summed E-state index contributed by atoms with van der Waals surface area (Å²) in [5.74, 6) is 3.37. The van der Waals surface area contributed by atoms with Crippen LogP contribution in [0.25, 0.3) is 0 Å². The van der Waals surface area contributed by atoms with Crippen LogP contribution in [0.5, 0.6) is 0 Å². The van der Waals surface area contributed by atoms with E-state index in [1.807, 2.05) is 27.8 Å². The van der Waals surface area contributed by atoms with E-state index in [2.05, 4.69) is 5.32 Å². The highest BCUT2D eigenvalue weighted by molar-refractivity contribution is 5.71. The van der Waals surface area contributed by atoms with Crippen LogP contribution in [0.15, 0.2) is 0 Å². The summed E-state index contributed by atoms with van der Waals surface area (Å²) in [7, 11) is 2.02. The molecule has 3 heteroatoms. The Labute approximate surface area is 122 Å². The van der Waals surface area contributed by atoms with Gasteiger partial charge in [0.05, 0.1) is 6.42 Å². The van der Waals surface area contributed by atoms with Gasteiger partial charge in [0.1, 0.15) is 5.60 Å². The third-order valence-corrected chi connectivity index (χ3v) is 5.99. The van der Waals surface area contributed by atoms with Crippen molar-refractivity contribution in [1.82, 2.24) is 5.32 Å². The van der Waals surface area contributed by atoms with Crippen LogP contribution >= 0.6 is 0 Å². The first-order chi connectivity index (χ1) is 9.36. The van der Waals surface area contributed by atoms with Crippen molar-refractivity contribution in [2.24, 2.45) is 29.1 Å². The van der Waals surface area contributed by atoms with E-state index in [1.165, 1.54) is 25.7 Å². The van der Waals surface area contributed by atoms with Crippen LogP contribution in [0.1, 0.15) is 52.9 Å². The number of esters is 1. The van der Waals surface area contributed by atoms with Crippen LogP contribution in [0, 0.1) is 29.1 Å². The van der Waals surface area contributed by atoms with E-state index in [4.69, 9.17) is 4.74 Å². The predicted molar refractivity (Wildman–Crippen MR) is 79.2 cm³/mol. The fourth-order valence-corrected chi connectivity index (χ4v) is 5.58. The monoisotopic (exact) mass is 279 g/mol. The molecule has 5 atom stereocenters. The molecule has 3 rings (SSSR count). The summed E-state index contributed by atoms with van der Waals surface area (Å²) in [6, 6.07) is 0. The maximum atomic E-state index is 12.4. The molecule has 0 aromatic carbocycles. The summed E-state index contributed by atoms with van der Waals surface area (Å²) in [5, 5.41) is 3.37. The van der Waals surface area contributed by atoms with Crippen molar-refractivity contribution in [3.8, 4) is 0 Å². The summed E-state index contributed by atoms with van der Waals surface area (Å²) in [6.45, 7) is 6.85. The molecule has 0 spiro atoms. The number of carbonyl (C=O) groups is 1. The van der Waals surface area contributed by atoms with Gasteiger partial charge in [0.15, 0.2) is 0 Å². The summed E-state index contributed by atoms with van der Waals surface area (Å²) < 4.78 is 5.60. The van der Waals surface area contributed by atoms with E-state index in [0.717, 1.165) is 30.2 Å². The molecule has 0 aliphatic heterocycles. The molecule has 3 saturated carbocycles. The summed E-state index contributed by atoms with van der Waals surface area (Å²) >= 11 is 0. The molecule has 0 amide bonds. The third-order valence-electron chi connectivity index (χ3n) is 5.99. The maximum Gasteiger partial charge on any atom is 0.306 e. The second-order valence-corrected chi connectivity index (χ2v) is 8.32. The number of nitrogens with one attached hydrogen (secondary N) is 1. The zero-order chi connectivity index (χ0) is 14.5. The molecule has 114 valence electrons. The van der Waals surface area contributed by atoms with Gasteiger partial charge in [0.2, 0.25) is 0 Å². The maximum absolute atomic E-state index is 12.4. The van der Waals surface area contributed by atoms with Crippen LogP contribution in [0.2, 0.25) is 0 Å². The molecular weight excluding hydrogens is 250 g/mol. The molecule has 0 aromatic rings. The molecule has 0 saturated heterocycles. The Morgan fingerprint density at radius 3 is 2.65 bits per heavy atom. The average molecular weight is 279 g/mol. The molecular formula is C17H29NO2. The Kier molecular flexibility index (Phi) is 3.39. The van der Waals surface area contributed by atoms with Gasteiger partial charge in [-0.15, -0.1) is 0 Å². The Balaban J connectivity index is 1.75. The highest BCUT2D eigenvalue weighted by Crippen LogP contribution is 2.70. The lowest BCUT2D eigenvalue weighted by atomic mass is 9.45. The van der Waals surface area contributed by atoms with E-state index >= 15 is 0 Å². The van der Waals surface area contributed by atoms with Crippen molar-refractivity contribution in [3.63, 3.8) is 0 Å². The van der Waals surface area contributed by atoms with E-state index in [1.54, 1.807) is 0 Å². The van der Waals surface area contributed by atoms with Gasteiger partial charge in [-0.1, -0.05) is 6.42 Å². The number of rotatable bonds is 4. The summed E-state index contributed by atoms with van der Waals surface area (Å²) in [6.07, 6.45) is 6.11. The minimum Gasteiger partial charge on any atom is -0.460 e. The molecule has 0 heterocycles. The third kappa shape index (κ3) is 2.18. The number of hydrogen-bond donors (Lipinski definition) is 1. The highest BCUT2D eigenvalue weighted by Gasteiger charge is 2.66. The van der Waals surface area contributed by atoms with Crippen LogP contribution in [0.4, 0.5) is 0 Å². The second kappa shape index (κ2) is 4.72. The van der Waals surface area contributed by atoms with Gasteiger partial charge in [-0.05, 0) is 76.2 Å². The van der Waals surface area contributed by atoms with E-state index in [-0.39, 0.29) is 17.0 Å². The van der Waals surface area contributed by atoms with Gasteiger partial charge in [0.25, 0.3) is 0 Å². The standard InChI is InChI=1S/C17H29NO2/c1-16(2,3)20-15(19)9-17(10-18-4)13-6-5-11-7-12(13)14(17)8-11/h11-14,18H,5-10H2,1-4H3/t11-,12-,13+,14-,17-/m0/s1. The van der Waals surface area contributed by atoms with Crippen molar-refractivity contribution >= 4 is 5.97 Å². The zero-order valence-electron chi connectivity index (χ0n) is 13.4. The topological polar surface area (TPSA) is 38.3 Å². The fraction of sp³-hybridized carbons (Fsp3) is 0.941. The Morgan fingerprint density at radius 2 is 2.00 bits per heavy atom. The molecule has 0 unspecified atom stereocenters. The molecule has 0 aromatic heterocycles. The first kappa shape index (κ1) is 14.4. The molecule has 3 aliphatic rings. The van der Waals surface area contributed by atoms with Crippen LogP contribution in [-0.4, -0.2) is 25.2 Å². The van der Waals surface area contributed by atoms with Crippen molar-refractivity contribution < 1.29 is 9.53 Å². The predicted octanol–water partition coefficient (Wildman–Crippen LogP) is 2.99. The lowest BCUT2D eigenvalue weighted by Gasteiger charge is -2.60. The minimum atomic E-state index is -0.366. The minimum absolute atomic E-state index is 0.00144. The van der Waals surface area contributed by atoms with Gasteiger partial charge in [-0.25, -0.2) is 0 Å². The van der Waals surface area contributed by atoms with Gasteiger partial charge in [0, 0.05) is 6.54 Å². The van der Waals surface area contributed by atoms with Crippen LogP contribution in [-0.2, 0) is 9.53 Å². The summed E-state index contributed by atoms with van der Waals surface area (Å²) in [4.78, 5) is 12.4. The smallest absolute Gasteiger partial charge is 0.306 e. The molecule has 3 aliphatic carbocycles. The highest BCUT2D eigenvalue weighted by atomic mass is 16.6. The van der Waals surface area contributed by atoms with Gasteiger partial charge in [-0.2, -0.15) is 0 Å². The van der Waals surface area contributed by atoms with Gasteiger partial charge >= 0.3 is 5.97 Å². The zero-order valence-corrected chi connectivity index (χ0v) is 13.4. The lowest BCUT2D eigenvalue weighted by Crippen LogP contribution is -2.60.